The summed E-state index contributed by atoms with van der Waals surface area (Å²) in [6.45, 7) is 5.18. The number of rotatable bonds is 7. The summed E-state index contributed by atoms with van der Waals surface area (Å²) >= 11 is 0. The molecule has 1 rings (SSSR count). The Morgan fingerprint density at radius 3 is 2.76 bits per heavy atom. The van der Waals surface area contributed by atoms with E-state index in [2.05, 4.69) is 18.3 Å². The van der Waals surface area contributed by atoms with Crippen LogP contribution >= 0.6 is 0 Å². The Morgan fingerprint density at radius 1 is 1.29 bits per heavy atom. The van der Waals surface area contributed by atoms with Crippen LogP contribution < -0.4 is 10.1 Å². The summed E-state index contributed by atoms with van der Waals surface area (Å²) in [7, 11) is 0. The van der Waals surface area contributed by atoms with Crippen LogP contribution in [0.15, 0.2) is 24.3 Å². The molecule has 0 bridgehead atoms. The van der Waals surface area contributed by atoms with Gasteiger partial charge in [0.05, 0.1) is 6.54 Å². The number of carbonyl (C=O) groups excluding carboxylic acids is 1. The van der Waals surface area contributed by atoms with E-state index < -0.39 is 0 Å². The lowest BCUT2D eigenvalue weighted by Gasteiger charge is -2.10. The number of benzene rings is 1. The minimum atomic E-state index is 0.0971. The number of nitrogens with one attached hydrogen (secondary N) is 1. The number of aryl methyl sites for hydroxylation is 1. The number of amides is 1. The van der Waals surface area contributed by atoms with Gasteiger partial charge in [0.1, 0.15) is 12.4 Å². The predicted octanol–water partition coefficient (Wildman–Crippen LogP) is 2.54. The Kier molecular flexibility index (Phi) is 6.15. The molecule has 0 aliphatic heterocycles. The number of hydrogen-bond donors (Lipinski definition) is 1. The SMILES string of the molecule is CCCC(=O)NCCOc1ccccc1CC. The van der Waals surface area contributed by atoms with Gasteiger partial charge in [-0.25, -0.2) is 0 Å². The van der Waals surface area contributed by atoms with Crippen LogP contribution in [0.4, 0.5) is 0 Å². The number of ether oxygens (including phenoxy) is 1. The van der Waals surface area contributed by atoms with Crippen LogP contribution in [0.2, 0.25) is 0 Å². The molecule has 1 aromatic carbocycles. The summed E-state index contributed by atoms with van der Waals surface area (Å²) in [4.78, 5) is 11.2. The largest absolute Gasteiger partial charge is 0.491 e. The second kappa shape index (κ2) is 7.71. The third-order valence-electron chi connectivity index (χ3n) is 2.51. The van der Waals surface area contributed by atoms with E-state index in [4.69, 9.17) is 4.74 Å². The zero-order valence-electron chi connectivity index (χ0n) is 10.7. The van der Waals surface area contributed by atoms with Gasteiger partial charge in [0.25, 0.3) is 0 Å². The van der Waals surface area contributed by atoms with E-state index in [9.17, 15) is 4.79 Å². The second-order valence-electron chi connectivity index (χ2n) is 3.91. The second-order valence-corrected chi connectivity index (χ2v) is 3.91. The maximum Gasteiger partial charge on any atom is 0.220 e. The van der Waals surface area contributed by atoms with Gasteiger partial charge in [-0.15, -0.1) is 0 Å². The van der Waals surface area contributed by atoms with Crippen molar-refractivity contribution in [1.29, 1.82) is 0 Å². The van der Waals surface area contributed by atoms with Gasteiger partial charge in [0, 0.05) is 6.42 Å². The molecule has 0 aliphatic rings. The summed E-state index contributed by atoms with van der Waals surface area (Å²) in [6, 6.07) is 8.00. The van der Waals surface area contributed by atoms with Crippen molar-refractivity contribution in [1.82, 2.24) is 5.32 Å². The van der Waals surface area contributed by atoms with Crippen molar-refractivity contribution < 1.29 is 9.53 Å². The molecule has 0 aliphatic carbocycles. The third kappa shape index (κ3) is 4.89. The standard InChI is InChI=1S/C14H21NO2/c1-3-7-14(16)15-10-11-17-13-9-6-5-8-12(13)4-2/h5-6,8-9H,3-4,7,10-11H2,1-2H3,(H,15,16). The Hall–Kier alpha value is -1.51. The highest BCUT2D eigenvalue weighted by molar-refractivity contribution is 5.75. The van der Waals surface area contributed by atoms with Crippen LogP contribution in [0, 0.1) is 0 Å². The zero-order valence-corrected chi connectivity index (χ0v) is 10.7. The summed E-state index contributed by atoms with van der Waals surface area (Å²) in [5, 5.41) is 2.83. The van der Waals surface area contributed by atoms with Crippen molar-refractivity contribution in [2.24, 2.45) is 0 Å². The minimum absolute atomic E-state index is 0.0971. The van der Waals surface area contributed by atoms with E-state index in [-0.39, 0.29) is 5.91 Å². The molecule has 1 aromatic rings. The van der Waals surface area contributed by atoms with Crippen molar-refractivity contribution in [2.45, 2.75) is 33.1 Å². The zero-order chi connectivity index (χ0) is 12.5. The minimum Gasteiger partial charge on any atom is -0.491 e. The van der Waals surface area contributed by atoms with Gasteiger partial charge in [-0.3, -0.25) is 4.79 Å². The van der Waals surface area contributed by atoms with Gasteiger partial charge in [0.15, 0.2) is 0 Å². The quantitative estimate of drug-likeness (QED) is 0.738. The summed E-state index contributed by atoms with van der Waals surface area (Å²) in [6.07, 6.45) is 2.43. The Morgan fingerprint density at radius 2 is 2.06 bits per heavy atom. The van der Waals surface area contributed by atoms with E-state index in [0.29, 0.717) is 19.6 Å². The number of carbonyl (C=O) groups is 1. The van der Waals surface area contributed by atoms with Crippen LogP contribution in [0.1, 0.15) is 32.3 Å². The van der Waals surface area contributed by atoms with Crippen LogP contribution in [-0.4, -0.2) is 19.1 Å². The predicted molar refractivity (Wildman–Crippen MR) is 69.2 cm³/mol. The number of para-hydroxylation sites is 1. The molecule has 1 N–H and O–H groups in total. The van der Waals surface area contributed by atoms with Crippen molar-refractivity contribution in [3.8, 4) is 5.75 Å². The molecule has 3 heteroatoms. The maximum atomic E-state index is 11.2. The van der Waals surface area contributed by atoms with E-state index in [1.807, 2.05) is 25.1 Å². The first-order valence-electron chi connectivity index (χ1n) is 6.25. The van der Waals surface area contributed by atoms with Crippen molar-refractivity contribution >= 4 is 5.91 Å². The summed E-state index contributed by atoms with van der Waals surface area (Å²) in [5.74, 6) is 1.01. The first-order valence-corrected chi connectivity index (χ1v) is 6.25. The topological polar surface area (TPSA) is 38.3 Å². The number of hydrogen-bond acceptors (Lipinski definition) is 2. The lowest BCUT2D eigenvalue weighted by molar-refractivity contribution is -0.121. The van der Waals surface area contributed by atoms with Gasteiger partial charge in [-0.05, 0) is 24.5 Å². The lowest BCUT2D eigenvalue weighted by Crippen LogP contribution is -2.27. The molecular weight excluding hydrogens is 214 g/mol. The molecular formula is C14H21NO2. The summed E-state index contributed by atoms with van der Waals surface area (Å²) in [5.41, 5.74) is 1.20. The van der Waals surface area contributed by atoms with Gasteiger partial charge in [0.2, 0.25) is 5.91 Å². The van der Waals surface area contributed by atoms with Crippen LogP contribution in [0.5, 0.6) is 5.75 Å². The maximum absolute atomic E-state index is 11.2. The highest BCUT2D eigenvalue weighted by Crippen LogP contribution is 2.17. The van der Waals surface area contributed by atoms with E-state index in [0.717, 1.165) is 18.6 Å². The van der Waals surface area contributed by atoms with E-state index in [1.165, 1.54) is 5.56 Å². The van der Waals surface area contributed by atoms with Crippen LogP contribution in [0.3, 0.4) is 0 Å². The molecule has 0 aromatic heterocycles. The van der Waals surface area contributed by atoms with Gasteiger partial charge in [-0.2, -0.15) is 0 Å². The first kappa shape index (κ1) is 13.6. The molecule has 0 saturated heterocycles. The fourth-order valence-corrected chi connectivity index (χ4v) is 1.60. The fraction of sp³-hybridized carbons (Fsp3) is 0.500. The van der Waals surface area contributed by atoms with Gasteiger partial charge >= 0.3 is 0 Å². The average Bonchev–Trinajstić information content (AvgIpc) is 2.35. The van der Waals surface area contributed by atoms with Gasteiger partial charge in [-0.1, -0.05) is 32.0 Å². The smallest absolute Gasteiger partial charge is 0.220 e. The average molecular weight is 235 g/mol. The Balaban J connectivity index is 2.28. The highest BCUT2D eigenvalue weighted by atomic mass is 16.5. The molecule has 0 atom stereocenters. The summed E-state index contributed by atoms with van der Waals surface area (Å²) < 4.78 is 5.64. The fourth-order valence-electron chi connectivity index (χ4n) is 1.60. The Bertz CT molecular complexity index is 350. The molecule has 0 fully saturated rings. The third-order valence-corrected chi connectivity index (χ3v) is 2.51. The molecule has 0 unspecified atom stereocenters. The van der Waals surface area contributed by atoms with Crippen LogP contribution in [-0.2, 0) is 11.2 Å². The molecule has 0 radical (unpaired) electrons. The molecule has 3 nitrogen and oxygen atoms in total. The normalized spacial score (nSPS) is 10.0. The Labute approximate surface area is 103 Å². The van der Waals surface area contributed by atoms with E-state index >= 15 is 0 Å². The monoisotopic (exact) mass is 235 g/mol. The van der Waals surface area contributed by atoms with Crippen molar-refractivity contribution in [3.05, 3.63) is 29.8 Å². The van der Waals surface area contributed by atoms with Gasteiger partial charge < -0.3 is 10.1 Å². The van der Waals surface area contributed by atoms with E-state index in [1.54, 1.807) is 0 Å². The van der Waals surface area contributed by atoms with Crippen molar-refractivity contribution in [3.63, 3.8) is 0 Å². The molecule has 0 spiro atoms. The molecule has 17 heavy (non-hydrogen) atoms. The molecule has 0 heterocycles. The first-order chi connectivity index (χ1) is 8.27. The lowest BCUT2D eigenvalue weighted by atomic mass is 10.1. The molecule has 94 valence electrons. The van der Waals surface area contributed by atoms with Crippen molar-refractivity contribution in [2.75, 3.05) is 13.2 Å². The highest BCUT2D eigenvalue weighted by Gasteiger charge is 2.01. The van der Waals surface area contributed by atoms with Crippen LogP contribution in [0.25, 0.3) is 0 Å². The molecule has 1 amide bonds. The molecule has 0 saturated carbocycles.